The number of hydrogen-bond donors (Lipinski definition) is 2. The van der Waals surface area contributed by atoms with Crippen molar-refractivity contribution in [1.29, 1.82) is 5.26 Å². The van der Waals surface area contributed by atoms with Crippen LogP contribution in [0.2, 0.25) is 0 Å². The molecule has 3 aromatic rings. The molecule has 4 rings (SSSR count). The fraction of sp³-hybridized carbons (Fsp3) is 0.174. The van der Waals surface area contributed by atoms with E-state index in [1.165, 1.54) is 11.3 Å². The zero-order valence-electron chi connectivity index (χ0n) is 15.6. The van der Waals surface area contributed by atoms with Crippen molar-refractivity contribution in [1.82, 2.24) is 10.3 Å². The summed E-state index contributed by atoms with van der Waals surface area (Å²) in [6.45, 7) is 0.399. The molecule has 5 nitrogen and oxygen atoms in total. The highest BCUT2D eigenvalue weighted by atomic mass is 32.1. The predicted octanol–water partition coefficient (Wildman–Crippen LogP) is 4.67. The van der Waals surface area contributed by atoms with Gasteiger partial charge in [-0.15, -0.1) is 17.8 Å². The van der Waals surface area contributed by atoms with Gasteiger partial charge in [-0.3, -0.25) is 5.32 Å². The SMILES string of the molecule is C#Cc1nc(NC(=O)NCc2ccc(-c3cccc(C4(C#N)CC4)c3)cc2)cs1. The maximum Gasteiger partial charge on any atom is 0.320 e. The molecular formula is C23H18N4OS. The first-order chi connectivity index (χ1) is 14.1. The summed E-state index contributed by atoms with van der Waals surface area (Å²) in [6.07, 6.45) is 7.15. The normalized spacial score (nSPS) is 13.7. The lowest BCUT2D eigenvalue weighted by molar-refractivity contribution is 0.251. The highest BCUT2D eigenvalue weighted by molar-refractivity contribution is 7.10. The first-order valence-electron chi connectivity index (χ1n) is 9.20. The molecule has 1 fully saturated rings. The van der Waals surface area contributed by atoms with Gasteiger partial charge in [0.05, 0.1) is 11.5 Å². The van der Waals surface area contributed by atoms with Gasteiger partial charge in [0.15, 0.2) is 5.01 Å². The van der Waals surface area contributed by atoms with E-state index in [9.17, 15) is 10.1 Å². The highest BCUT2D eigenvalue weighted by Gasteiger charge is 2.44. The third-order valence-electron chi connectivity index (χ3n) is 4.99. The first kappa shape index (κ1) is 18.7. The number of amides is 2. The van der Waals surface area contributed by atoms with Crippen molar-refractivity contribution in [3.8, 4) is 29.5 Å². The summed E-state index contributed by atoms with van der Waals surface area (Å²) < 4.78 is 0. The van der Waals surface area contributed by atoms with E-state index >= 15 is 0 Å². The minimum atomic E-state index is -0.332. The Bertz CT molecular complexity index is 1130. The van der Waals surface area contributed by atoms with Gasteiger partial charge in [0.2, 0.25) is 0 Å². The molecule has 0 unspecified atom stereocenters. The Kier molecular flexibility index (Phi) is 5.03. The highest BCUT2D eigenvalue weighted by Crippen LogP contribution is 2.48. The molecule has 0 spiro atoms. The zero-order valence-corrected chi connectivity index (χ0v) is 16.4. The number of thiazole rings is 1. The van der Waals surface area contributed by atoms with Crippen molar-refractivity contribution in [2.24, 2.45) is 0 Å². The van der Waals surface area contributed by atoms with Crippen LogP contribution in [0.4, 0.5) is 10.6 Å². The second-order valence-electron chi connectivity index (χ2n) is 6.96. The van der Waals surface area contributed by atoms with Crippen LogP contribution < -0.4 is 10.6 Å². The maximum atomic E-state index is 12.0. The molecule has 1 aliphatic rings. The van der Waals surface area contributed by atoms with Crippen LogP contribution in [0.25, 0.3) is 11.1 Å². The lowest BCUT2D eigenvalue weighted by atomic mass is 9.93. The largest absolute Gasteiger partial charge is 0.334 e. The van der Waals surface area contributed by atoms with Crippen molar-refractivity contribution in [3.63, 3.8) is 0 Å². The third kappa shape index (κ3) is 4.13. The van der Waals surface area contributed by atoms with E-state index in [2.05, 4.69) is 39.7 Å². The van der Waals surface area contributed by atoms with Crippen molar-refractivity contribution >= 4 is 23.2 Å². The van der Waals surface area contributed by atoms with Crippen molar-refractivity contribution in [3.05, 3.63) is 70.0 Å². The lowest BCUT2D eigenvalue weighted by Crippen LogP contribution is -2.28. The maximum absolute atomic E-state index is 12.0. The number of anilines is 1. The summed E-state index contributed by atoms with van der Waals surface area (Å²) in [5, 5.41) is 17.1. The Hall–Kier alpha value is -3.61. The Morgan fingerprint density at radius 3 is 2.66 bits per heavy atom. The number of nitrogens with zero attached hydrogens (tertiary/aromatic N) is 2. The Balaban J connectivity index is 1.37. The number of aromatic nitrogens is 1. The molecule has 6 heteroatoms. The standard InChI is InChI=1S/C23H18N4OS/c1-2-21-26-20(14-29-21)27-22(28)25-13-16-6-8-17(9-7-16)18-4-3-5-19(12-18)23(15-24)10-11-23/h1,3-9,12,14H,10-11,13H2,(H2,25,27,28). The lowest BCUT2D eigenvalue weighted by Gasteiger charge is -2.10. The minimum Gasteiger partial charge on any atom is -0.334 e. The number of urea groups is 1. The third-order valence-corrected chi connectivity index (χ3v) is 5.76. The molecule has 0 radical (unpaired) electrons. The molecular weight excluding hydrogens is 380 g/mol. The average molecular weight is 398 g/mol. The van der Waals surface area contributed by atoms with Gasteiger partial charge in [0.25, 0.3) is 0 Å². The topological polar surface area (TPSA) is 77.8 Å². The number of nitriles is 1. The number of terminal acetylenes is 1. The zero-order chi connectivity index (χ0) is 20.3. The quantitative estimate of drug-likeness (QED) is 0.613. The molecule has 2 amide bonds. The summed E-state index contributed by atoms with van der Waals surface area (Å²) >= 11 is 1.31. The van der Waals surface area contributed by atoms with Crippen molar-refractivity contribution < 1.29 is 4.79 Å². The number of carbonyl (C=O) groups excluding carboxylic acids is 1. The van der Waals surface area contributed by atoms with E-state index in [4.69, 9.17) is 6.42 Å². The molecule has 0 bridgehead atoms. The number of rotatable bonds is 5. The number of carbonyl (C=O) groups is 1. The van der Waals surface area contributed by atoms with E-state index in [0.717, 1.165) is 35.1 Å². The summed E-state index contributed by atoms with van der Waals surface area (Å²) in [7, 11) is 0. The molecule has 1 aromatic heterocycles. The van der Waals surface area contributed by atoms with Crippen LogP contribution in [0.15, 0.2) is 53.9 Å². The monoisotopic (exact) mass is 398 g/mol. The number of hydrogen-bond acceptors (Lipinski definition) is 4. The van der Waals surface area contributed by atoms with Gasteiger partial charge < -0.3 is 5.32 Å². The van der Waals surface area contributed by atoms with Crippen LogP contribution in [0.3, 0.4) is 0 Å². The van der Waals surface area contributed by atoms with E-state index in [0.29, 0.717) is 17.4 Å². The van der Waals surface area contributed by atoms with Crippen molar-refractivity contribution in [2.75, 3.05) is 5.32 Å². The van der Waals surface area contributed by atoms with Gasteiger partial charge in [0, 0.05) is 11.9 Å². The Morgan fingerprint density at radius 2 is 2.00 bits per heavy atom. The Labute approximate surface area is 173 Å². The predicted molar refractivity (Wildman–Crippen MR) is 114 cm³/mol. The fourth-order valence-corrected chi connectivity index (χ4v) is 3.70. The van der Waals surface area contributed by atoms with Gasteiger partial charge in [0.1, 0.15) is 5.82 Å². The van der Waals surface area contributed by atoms with Crippen molar-refractivity contribution in [2.45, 2.75) is 24.8 Å². The molecule has 142 valence electrons. The van der Waals surface area contributed by atoms with E-state index < -0.39 is 0 Å². The van der Waals surface area contributed by atoms with Crippen LogP contribution in [-0.4, -0.2) is 11.0 Å². The summed E-state index contributed by atoms with van der Waals surface area (Å²) in [5.74, 6) is 2.88. The molecule has 1 aliphatic carbocycles. The Morgan fingerprint density at radius 1 is 1.21 bits per heavy atom. The van der Waals surface area contributed by atoms with Gasteiger partial charge in [-0.05, 0) is 47.1 Å². The van der Waals surface area contributed by atoms with Crippen LogP contribution in [0, 0.1) is 23.7 Å². The summed E-state index contributed by atoms with van der Waals surface area (Å²) in [4.78, 5) is 16.1. The second kappa shape index (κ2) is 7.79. The van der Waals surface area contributed by atoms with Crippen LogP contribution in [0.5, 0.6) is 0 Å². The molecule has 1 heterocycles. The van der Waals surface area contributed by atoms with Gasteiger partial charge >= 0.3 is 6.03 Å². The molecule has 2 aromatic carbocycles. The molecule has 0 atom stereocenters. The molecule has 0 saturated heterocycles. The number of benzene rings is 2. The molecule has 2 N–H and O–H groups in total. The average Bonchev–Trinajstić information content (AvgIpc) is 3.45. The van der Waals surface area contributed by atoms with Crippen LogP contribution >= 0.6 is 11.3 Å². The molecule has 1 saturated carbocycles. The van der Waals surface area contributed by atoms with Crippen LogP contribution in [0.1, 0.15) is 29.0 Å². The minimum absolute atomic E-state index is 0.286. The van der Waals surface area contributed by atoms with E-state index in [-0.39, 0.29) is 11.4 Å². The molecule has 29 heavy (non-hydrogen) atoms. The van der Waals surface area contributed by atoms with E-state index in [1.54, 1.807) is 5.38 Å². The van der Waals surface area contributed by atoms with Gasteiger partial charge in [-0.2, -0.15) is 5.26 Å². The smallest absolute Gasteiger partial charge is 0.320 e. The van der Waals surface area contributed by atoms with Gasteiger partial charge in [-0.25, -0.2) is 9.78 Å². The summed E-state index contributed by atoms with van der Waals surface area (Å²) in [5.41, 5.74) is 3.96. The van der Waals surface area contributed by atoms with Gasteiger partial charge in [-0.1, -0.05) is 42.5 Å². The van der Waals surface area contributed by atoms with Crippen LogP contribution in [-0.2, 0) is 12.0 Å². The summed E-state index contributed by atoms with van der Waals surface area (Å²) in [6, 6.07) is 18.3. The fourth-order valence-electron chi connectivity index (χ4n) is 3.14. The van der Waals surface area contributed by atoms with E-state index in [1.807, 2.05) is 36.4 Å². The number of nitrogens with one attached hydrogen (secondary N) is 2. The second-order valence-corrected chi connectivity index (χ2v) is 7.82. The first-order valence-corrected chi connectivity index (χ1v) is 10.1. The molecule has 0 aliphatic heterocycles.